The number of pyridine rings is 1. The predicted molar refractivity (Wildman–Crippen MR) is 87.5 cm³/mol. The Labute approximate surface area is 126 Å². The van der Waals surface area contributed by atoms with Crippen LogP contribution in [0.4, 0.5) is 5.82 Å². The molecule has 0 bridgehead atoms. The first-order valence-electron chi connectivity index (χ1n) is 7.89. The van der Waals surface area contributed by atoms with Gasteiger partial charge in [-0.05, 0) is 23.6 Å². The van der Waals surface area contributed by atoms with Gasteiger partial charge in [0.1, 0.15) is 5.82 Å². The minimum atomic E-state index is 0.0434. The molecular formula is C18H24N2O. The van der Waals surface area contributed by atoms with Crippen molar-refractivity contribution in [3.8, 4) is 0 Å². The third-order valence-electron chi connectivity index (χ3n) is 5.15. The highest BCUT2D eigenvalue weighted by Gasteiger charge is 2.29. The number of hydrogen-bond acceptors (Lipinski definition) is 3. The maximum Gasteiger partial charge on any atom is 0.136 e. The van der Waals surface area contributed by atoms with Crippen LogP contribution >= 0.6 is 0 Å². The van der Waals surface area contributed by atoms with E-state index in [2.05, 4.69) is 41.9 Å². The zero-order chi connectivity index (χ0) is 14.9. The first-order chi connectivity index (χ1) is 10.2. The summed E-state index contributed by atoms with van der Waals surface area (Å²) in [6.07, 6.45) is 5.52. The molecule has 1 aromatic heterocycles. The molecule has 1 aliphatic heterocycles. The van der Waals surface area contributed by atoms with Gasteiger partial charge in [-0.25, -0.2) is 4.98 Å². The lowest BCUT2D eigenvalue weighted by atomic mass is 9.78. The van der Waals surface area contributed by atoms with E-state index in [-0.39, 0.29) is 6.61 Å². The second-order valence-corrected chi connectivity index (χ2v) is 6.46. The van der Waals surface area contributed by atoms with Crippen molar-refractivity contribution in [2.45, 2.75) is 39.7 Å². The number of fused-ring (bicyclic) bond motifs is 1. The first-order valence-corrected chi connectivity index (χ1v) is 7.89. The maximum atomic E-state index is 9.48. The first kappa shape index (κ1) is 14.3. The van der Waals surface area contributed by atoms with Gasteiger partial charge in [-0.1, -0.05) is 44.5 Å². The molecule has 21 heavy (non-hydrogen) atoms. The summed E-state index contributed by atoms with van der Waals surface area (Å²) >= 11 is 0. The van der Waals surface area contributed by atoms with Gasteiger partial charge in [0.15, 0.2) is 0 Å². The molecule has 0 atom stereocenters. The van der Waals surface area contributed by atoms with Crippen molar-refractivity contribution in [2.24, 2.45) is 5.41 Å². The van der Waals surface area contributed by atoms with E-state index in [4.69, 9.17) is 0 Å². The molecule has 1 aliphatic rings. The largest absolute Gasteiger partial charge is 0.392 e. The molecule has 0 aliphatic carbocycles. The van der Waals surface area contributed by atoms with Crippen molar-refractivity contribution in [1.29, 1.82) is 0 Å². The molecule has 2 aromatic rings. The molecule has 1 saturated heterocycles. The molecule has 0 radical (unpaired) electrons. The second-order valence-electron chi connectivity index (χ2n) is 6.46. The predicted octanol–water partition coefficient (Wildman–Crippen LogP) is 3.74. The smallest absolute Gasteiger partial charge is 0.136 e. The molecule has 112 valence electrons. The maximum absolute atomic E-state index is 9.48. The number of hydrogen-bond donors (Lipinski definition) is 1. The number of aliphatic hydroxyl groups is 1. The zero-order valence-corrected chi connectivity index (χ0v) is 13.0. The van der Waals surface area contributed by atoms with Gasteiger partial charge >= 0.3 is 0 Å². The van der Waals surface area contributed by atoms with Gasteiger partial charge in [0.05, 0.1) is 6.61 Å². The Morgan fingerprint density at radius 3 is 2.48 bits per heavy atom. The molecule has 0 spiro atoms. The van der Waals surface area contributed by atoms with Crippen molar-refractivity contribution in [3.63, 3.8) is 0 Å². The van der Waals surface area contributed by atoms with E-state index in [0.717, 1.165) is 35.2 Å². The van der Waals surface area contributed by atoms with Crippen LogP contribution in [0.2, 0.25) is 0 Å². The van der Waals surface area contributed by atoms with Gasteiger partial charge < -0.3 is 10.0 Å². The number of benzene rings is 1. The van der Waals surface area contributed by atoms with Crippen LogP contribution < -0.4 is 4.90 Å². The Morgan fingerprint density at radius 2 is 1.86 bits per heavy atom. The van der Waals surface area contributed by atoms with Gasteiger partial charge in [-0.3, -0.25) is 0 Å². The molecule has 3 heteroatoms. The van der Waals surface area contributed by atoms with Crippen molar-refractivity contribution < 1.29 is 5.11 Å². The van der Waals surface area contributed by atoms with Crippen LogP contribution in [0, 0.1) is 5.41 Å². The molecule has 1 aromatic carbocycles. The van der Waals surface area contributed by atoms with Crippen LogP contribution in [0.1, 0.15) is 38.7 Å². The summed E-state index contributed by atoms with van der Waals surface area (Å²) < 4.78 is 0. The SMILES string of the molecule is CCC1(C)CCN(c2ncc(CO)c3ccccc23)CC1. The number of anilines is 1. The normalized spacial score (nSPS) is 18.1. The fraction of sp³-hybridized carbons (Fsp3) is 0.500. The van der Waals surface area contributed by atoms with Crippen LogP contribution in [-0.2, 0) is 6.61 Å². The monoisotopic (exact) mass is 284 g/mol. The minimum Gasteiger partial charge on any atom is -0.392 e. The number of nitrogens with zero attached hydrogens (tertiary/aromatic N) is 2. The molecule has 1 fully saturated rings. The van der Waals surface area contributed by atoms with Crippen LogP contribution in [0.5, 0.6) is 0 Å². The van der Waals surface area contributed by atoms with E-state index < -0.39 is 0 Å². The van der Waals surface area contributed by atoms with Crippen molar-refractivity contribution in [3.05, 3.63) is 36.0 Å². The highest BCUT2D eigenvalue weighted by Crippen LogP contribution is 2.37. The average Bonchev–Trinajstić information content (AvgIpc) is 2.55. The number of piperidine rings is 1. The number of aliphatic hydroxyl groups excluding tert-OH is 1. The highest BCUT2D eigenvalue weighted by atomic mass is 16.3. The highest BCUT2D eigenvalue weighted by molar-refractivity contribution is 5.94. The molecule has 3 nitrogen and oxygen atoms in total. The molecule has 1 N–H and O–H groups in total. The van der Waals surface area contributed by atoms with E-state index in [1.807, 2.05) is 12.3 Å². The van der Waals surface area contributed by atoms with Crippen LogP contribution in [-0.4, -0.2) is 23.2 Å². The van der Waals surface area contributed by atoms with Crippen molar-refractivity contribution >= 4 is 16.6 Å². The summed E-state index contributed by atoms with van der Waals surface area (Å²) in [5.74, 6) is 1.07. The molecular weight excluding hydrogens is 260 g/mol. The average molecular weight is 284 g/mol. The third kappa shape index (κ3) is 2.62. The Kier molecular flexibility index (Phi) is 3.85. The second kappa shape index (κ2) is 5.64. The van der Waals surface area contributed by atoms with E-state index >= 15 is 0 Å². The van der Waals surface area contributed by atoms with Gasteiger partial charge in [0.25, 0.3) is 0 Å². The van der Waals surface area contributed by atoms with Gasteiger partial charge in [-0.2, -0.15) is 0 Å². The lowest BCUT2D eigenvalue weighted by Crippen LogP contribution is -2.39. The molecule has 2 heterocycles. The van der Waals surface area contributed by atoms with Gasteiger partial charge in [0.2, 0.25) is 0 Å². The Bertz CT molecular complexity index is 630. The van der Waals surface area contributed by atoms with E-state index in [1.165, 1.54) is 19.3 Å². The lowest BCUT2D eigenvalue weighted by Gasteiger charge is -2.39. The topological polar surface area (TPSA) is 36.4 Å². The number of rotatable bonds is 3. The van der Waals surface area contributed by atoms with Crippen molar-refractivity contribution in [2.75, 3.05) is 18.0 Å². The Morgan fingerprint density at radius 1 is 1.19 bits per heavy atom. The quantitative estimate of drug-likeness (QED) is 0.932. The van der Waals surface area contributed by atoms with Crippen LogP contribution in [0.25, 0.3) is 10.8 Å². The van der Waals surface area contributed by atoms with Gasteiger partial charge in [0, 0.05) is 30.2 Å². The fourth-order valence-corrected chi connectivity index (χ4v) is 3.23. The molecule has 0 unspecified atom stereocenters. The fourth-order valence-electron chi connectivity index (χ4n) is 3.23. The van der Waals surface area contributed by atoms with Gasteiger partial charge in [-0.15, -0.1) is 0 Å². The van der Waals surface area contributed by atoms with Crippen LogP contribution in [0.3, 0.4) is 0 Å². The summed E-state index contributed by atoms with van der Waals surface area (Å²) in [4.78, 5) is 7.04. The standard InChI is InChI=1S/C18H24N2O/c1-3-18(2)8-10-20(11-9-18)17-16-7-5-4-6-15(16)14(13-21)12-19-17/h4-7,12,21H,3,8-11,13H2,1-2H3. The summed E-state index contributed by atoms with van der Waals surface area (Å²) in [7, 11) is 0. The molecule has 0 saturated carbocycles. The summed E-state index contributed by atoms with van der Waals surface area (Å²) in [5, 5.41) is 11.8. The Balaban J connectivity index is 1.95. The van der Waals surface area contributed by atoms with E-state index in [0.29, 0.717) is 5.41 Å². The van der Waals surface area contributed by atoms with Crippen molar-refractivity contribution in [1.82, 2.24) is 4.98 Å². The minimum absolute atomic E-state index is 0.0434. The Hall–Kier alpha value is -1.61. The summed E-state index contributed by atoms with van der Waals surface area (Å²) in [6, 6.07) is 8.26. The zero-order valence-electron chi connectivity index (χ0n) is 13.0. The summed E-state index contributed by atoms with van der Waals surface area (Å²) in [5.41, 5.74) is 1.39. The lowest BCUT2D eigenvalue weighted by molar-refractivity contribution is 0.238. The molecule has 0 amide bonds. The van der Waals surface area contributed by atoms with E-state index in [1.54, 1.807) is 0 Å². The summed E-state index contributed by atoms with van der Waals surface area (Å²) in [6.45, 7) is 6.87. The number of aromatic nitrogens is 1. The van der Waals surface area contributed by atoms with Crippen LogP contribution in [0.15, 0.2) is 30.5 Å². The molecule has 3 rings (SSSR count). The third-order valence-corrected chi connectivity index (χ3v) is 5.15. The van der Waals surface area contributed by atoms with E-state index in [9.17, 15) is 5.11 Å².